The maximum absolute atomic E-state index is 13.6. The van der Waals surface area contributed by atoms with Crippen LogP contribution < -0.4 is 0 Å². The molecule has 10 heteroatoms. The van der Waals surface area contributed by atoms with Crippen molar-refractivity contribution < 1.29 is 40.8 Å². The lowest BCUT2D eigenvalue weighted by Crippen LogP contribution is -2.59. The van der Waals surface area contributed by atoms with Crippen molar-refractivity contribution in [1.29, 1.82) is 0 Å². The Balaban J connectivity index is 1.53. The van der Waals surface area contributed by atoms with E-state index >= 15 is 0 Å². The van der Waals surface area contributed by atoms with Gasteiger partial charge in [0.05, 0.1) is 10.8 Å². The van der Waals surface area contributed by atoms with Gasteiger partial charge in [-0.3, -0.25) is 14.1 Å². The van der Waals surface area contributed by atoms with Gasteiger partial charge in [0, 0.05) is 0 Å². The Hall–Kier alpha value is -1.29. The number of rotatable bonds is 7. The zero-order valence-electron chi connectivity index (χ0n) is 17.7. The topological polar surface area (TPSA) is 107 Å². The van der Waals surface area contributed by atoms with Gasteiger partial charge in [0.2, 0.25) is 0 Å². The number of halogens is 2. The molecule has 1 N–H and O–H groups in total. The summed E-state index contributed by atoms with van der Waals surface area (Å²) >= 11 is 0. The zero-order valence-corrected chi connectivity index (χ0v) is 18.5. The van der Waals surface area contributed by atoms with Gasteiger partial charge in [-0.05, 0) is 82.5 Å². The highest BCUT2D eigenvalue weighted by atomic mass is 32.2. The van der Waals surface area contributed by atoms with Crippen molar-refractivity contribution in [2.75, 3.05) is 6.61 Å². The Morgan fingerprint density at radius 2 is 1.55 bits per heavy atom. The highest BCUT2D eigenvalue weighted by Gasteiger charge is 2.65. The van der Waals surface area contributed by atoms with Gasteiger partial charge in [0.15, 0.2) is 6.61 Å². The summed E-state index contributed by atoms with van der Waals surface area (Å²) in [5.41, 5.74) is -2.36. The van der Waals surface area contributed by atoms with Crippen molar-refractivity contribution in [3.8, 4) is 0 Å². The van der Waals surface area contributed by atoms with Gasteiger partial charge in [-0.15, -0.1) is 0 Å². The van der Waals surface area contributed by atoms with Crippen LogP contribution >= 0.6 is 0 Å². The summed E-state index contributed by atoms with van der Waals surface area (Å²) in [6.07, 6.45) is 7.60. The predicted molar refractivity (Wildman–Crippen MR) is 105 cm³/mol. The number of carbonyl (C=O) groups excluding carboxylic acids is 2. The number of hydrogen-bond acceptors (Lipinski definition) is 6. The molecule has 0 aromatic carbocycles. The monoisotopic (exact) mass is 464 g/mol. The second-order valence-electron chi connectivity index (χ2n) is 10.3. The standard InChI is InChI=1S/C21H30F2O7S/c1-2-20(5-3-4-6-20)30-17(25)19-10-14-7-15(11-19)9-18(8-14,12-19)16(24)29-13-21(22,23)31(26,27)28/h14-15H,2-13H2,1H3,(H,26,27,28). The lowest BCUT2D eigenvalue weighted by Gasteiger charge is -2.59. The molecule has 0 radical (unpaired) electrons. The molecule has 2 atom stereocenters. The third-order valence-electron chi connectivity index (χ3n) is 8.14. The van der Waals surface area contributed by atoms with Crippen molar-refractivity contribution in [3.63, 3.8) is 0 Å². The van der Waals surface area contributed by atoms with Crippen molar-refractivity contribution in [3.05, 3.63) is 0 Å². The van der Waals surface area contributed by atoms with Crippen molar-refractivity contribution >= 4 is 22.1 Å². The number of hydrogen-bond donors (Lipinski definition) is 1. The summed E-state index contributed by atoms with van der Waals surface area (Å²) in [6.45, 7) is 0.269. The fourth-order valence-electron chi connectivity index (χ4n) is 6.97. The first kappa shape index (κ1) is 22.9. The molecule has 5 rings (SSSR count). The molecule has 0 spiro atoms. The molecule has 2 unspecified atom stereocenters. The second kappa shape index (κ2) is 7.37. The number of alkyl halides is 2. The fourth-order valence-corrected chi connectivity index (χ4v) is 7.18. The van der Waals surface area contributed by atoms with Gasteiger partial charge in [0.1, 0.15) is 5.60 Å². The van der Waals surface area contributed by atoms with Crippen LogP contribution in [0, 0.1) is 22.7 Å². The summed E-state index contributed by atoms with van der Waals surface area (Å²) in [7, 11) is -5.69. The second-order valence-corrected chi connectivity index (χ2v) is 11.9. The lowest BCUT2D eigenvalue weighted by molar-refractivity contribution is -0.204. The minimum absolute atomic E-state index is 0.101. The Labute approximate surface area is 181 Å². The molecule has 31 heavy (non-hydrogen) atoms. The zero-order chi connectivity index (χ0) is 22.7. The van der Waals surface area contributed by atoms with Crippen LogP contribution in [0.15, 0.2) is 0 Å². The Bertz CT molecular complexity index is 849. The van der Waals surface area contributed by atoms with Crippen LogP contribution in [0.3, 0.4) is 0 Å². The van der Waals surface area contributed by atoms with Crippen LogP contribution in [0.5, 0.6) is 0 Å². The molecule has 0 amide bonds. The molecular formula is C21H30F2O7S. The Morgan fingerprint density at radius 1 is 1.03 bits per heavy atom. The fraction of sp³-hybridized carbons (Fsp3) is 0.905. The molecule has 5 fully saturated rings. The minimum atomic E-state index is -5.69. The average molecular weight is 465 g/mol. The highest BCUT2D eigenvalue weighted by molar-refractivity contribution is 7.86. The highest BCUT2D eigenvalue weighted by Crippen LogP contribution is 2.66. The minimum Gasteiger partial charge on any atom is -0.459 e. The van der Waals surface area contributed by atoms with Gasteiger partial charge in [-0.25, -0.2) is 0 Å². The smallest absolute Gasteiger partial charge is 0.402 e. The molecular weight excluding hydrogens is 434 g/mol. The van der Waals surface area contributed by atoms with Crippen LogP contribution in [-0.2, 0) is 29.2 Å². The third kappa shape index (κ3) is 3.87. The van der Waals surface area contributed by atoms with Crippen molar-refractivity contribution in [2.45, 2.75) is 88.4 Å². The van der Waals surface area contributed by atoms with Crippen molar-refractivity contribution in [1.82, 2.24) is 0 Å². The first-order valence-corrected chi connectivity index (χ1v) is 12.5. The molecule has 0 saturated heterocycles. The van der Waals surface area contributed by atoms with Crippen LogP contribution in [-0.4, -0.2) is 42.4 Å². The van der Waals surface area contributed by atoms with Crippen LogP contribution in [0.2, 0.25) is 0 Å². The van der Waals surface area contributed by atoms with Gasteiger partial charge in [-0.2, -0.15) is 17.2 Å². The normalized spacial score (nSPS) is 36.4. The summed E-state index contributed by atoms with van der Waals surface area (Å²) in [5, 5.41) is -4.57. The first-order chi connectivity index (χ1) is 14.3. The maximum atomic E-state index is 13.6. The van der Waals surface area contributed by atoms with E-state index in [2.05, 4.69) is 0 Å². The van der Waals surface area contributed by atoms with Crippen molar-refractivity contribution in [2.24, 2.45) is 22.7 Å². The van der Waals surface area contributed by atoms with Gasteiger partial charge in [0.25, 0.3) is 0 Å². The van der Waals surface area contributed by atoms with Gasteiger partial charge in [-0.1, -0.05) is 6.92 Å². The quantitative estimate of drug-likeness (QED) is 0.450. The van der Waals surface area contributed by atoms with E-state index in [0.717, 1.165) is 38.5 Å². The largest absolute Gasteiger partial charge is 0.459 e. The van der Waals surface area contributed by atoms with E-state index in [-0.39, 0.29) is 24.2 Å². The SMILES string of the molecule is CCC1(OC(=O)C23CC4CC(CC(C(=O)OCC(F)(F)S(=O)(=O)O)(C4)C2)C3)CCCC1. The molecule has 176 valence electrons. The Morgan fingerprint density at radius 3 is 2.03 bits per heavy atom. The van der Waals surface area contributed by atoms with E-state index < -0.39 is 44.4 Å². The van der Waals surface area contributed by atoms with E-state index in [1.807, 2.05) is 6.92 Å². The summed E-state index contributed by atoms with van der Waals surface area (Å²) in [4.78, 5) is 26.3. The molecule has 7 nitrogen and oxygen atoms in total. The first-order valence-electron chi connectivity index (χ1n) is 11.1. The Kier molecular flexibility index (Phi) is 5.44. The average Bonchev–Trinajstić information content (AvgIpc) is 3.13. The number of carbonyl (C=O) groups is 2. The molecule has 0 heterocycles. The predicted octanol–water partition coefficient (Wildman–Crippen LogP) is 3.86. The van der Waals surface area contributed by atoms with Crippen LogP contribution in [0.4, 0.5) is 8.78 Å². The lowest BCUT2D eigenvalue weighted by atomic mass is 9.44. The van der Waals surface area contributed by atoms with E-state index in [4.69, 9.17) is 14.0 Å². The molecule has 4 bridgehead atoms. The molecule has 0 aliphatic heterocycles. The number of esters is 2. The van der Waals surface area contributed by atoms with E-state index in [1.54, 1.807) is 0 Å². The van der Waals surface area contributed by atoms with Crippen LogP contribution in [0.25, 0.3) is 0 Å². The maximum Gasteiger partial charge on any atom is 0.402 e. The van der Waals surface area contributed by atoms with E-state index in [0.29, 0.717) is 25.7 Å². The molecule has 0 aromatic rings. The summed E-state index contributed by atoms with van der Waals surface area (Å²) in [5.74, 6) is -0.992. The summed E-state index contributed by atoms with van der Waals surface area (Å²) in [6, 6.07) is 0. The molecule has 0 aromatic heterocycles. The number of ether oxygens (including phenoxy) is 2. The molecule has 5 saturated carbocycles. The molecule has 5 aliphatic carbocycles. The van der Waals surface area contributed by atoms with Crippen LogP contribution in [0.1, 0.15) is 77.6 Å². The van der Waals surface area contributed by atoms with E-state index in [9.17, 15) is 26.8 Å². The molecule has 5 aliphatic rings. The third-order valence-corrected chi connectivity index (χ3v) is 9.02. The van der Waals surface area contributed by atoms with Gasteiger partial charge < -0.3 is 9.47 Å². The summed E-state index contributed by atoms with van der Waals surface area (Å²) < 4.78 is 68.3. The van der Waals surface area contributed by atoms with E-state index in [1.165, 1.54) is 0 Å². The van der Waals surface area contributed by atoms with Gasteiger partial charge >= 0.3 is 27.3 Å².